The third-order valence-electron chi connectivity index (χ3n) is 5.10. The molecule has 1 aliphatic rings. The van der Waals surface area contributed by atoms with Crippen LogP contribution in [0.4, 0.5) is 0 Å². The molecule has 3 rings (SSSR count). The molecule has 6 heteroatoms. The average molecular weight is 410 g/mol. The van der Waals surface area contributed by atoms with Gasteiger partial charge in [-0.25, -0.2) is 0 Å². The molecule has 1 heterocycles. The highest BCUT2D eigenvalue weighted by Gasteiger charge is 2.22. The Morgan fingerprint density at radius 2 is 1.60 bits per heavy atom. The first kappa shape index (κ1) is 22.0. The van der Waals surface area contributed by atoms with Crippen molar-refractivity contribution in [1.82, 2.24) is 15.5 Å². The lowest BCUT2D eigenvalue weighted by Gasteiger charge is -2.35. The van der Waals surface area contributed by atoms with Gasteiger partial charge in [-0.1, -0.05) is 24.3 Å². The Bertz CT molecular complexity index is 856. The molecule has 0 spiro atoms. The number of nitrogens with one attached hydrogen (secondary N) is 2. The third kappa shape index (κ3) is 6.15. The van der Waals surface area contributed by atoms with E-state index in [0.29, 0.717) is 24.2 Å². The number of ether oxygens (including phenoxy) is 1. The largest absolute Gasteiger partial charge is 0.373 e. The number of rotatable bonds is 7. The molecule has 30 heavy (non-hydrogen) atoms. The lowest BCUT2D eigenvalue weighted by Crippen LogP contribution is -2.44. The normalized spacial score (nSPS) is 19.3. The zero-order chi connectivity index (χ0) is 21.5. The minimum Gasteiger partial charge on any atom is -0.373 e. The van der Waals surface area contributed by atoms with Gasteiger partial charge >= 0.3 is 0 Å². The fourth-order valence-corrected chi connectivity index (χ4v) is 3.80. The van der Waals surface area contributed by atoms with Crippen molar-refractivity contribution in [3.63, 3.8) is 0 Å². The number of amides is 2. The Hall–Kier alpha value is -2.70. The number of hydrogen-bond donors (Lipinski definition) is 2. The number of benzene rings is 2. The SMILES string of the molecule is CCNC(=O)c1cccc(CNC(=O)c2ccc(CN3CC(C)OC(C)C3)cc2)c1. The quantitative estimate of drug-likeness (QED) is 0.738. The first-order valence-corrected chi connectivity index (χ1v) is 10.6. The Labute approximate surface area is 178 Å². The van der Waals surface area contributed by atoms with Crippen molar-refractivity contribution < 1.29 is 14.3 Å². The van der Waals surface area contributed by atoms with Crippen LogP contribution in [0.5, 0.6) is 0 Å². The van der Waals surface area contributed by atoms with E-state index in [-0.39, 0.29) is 24.0 Å². The maximum absolute atomic E-state index is 12.5. The fraction of sp³-hybridized carbons (Fsp3) is 0.417. The van der Waals surface area contributed by atoms with E-state index in [0.717, 1.165) is 25.2 Å². The van der Waals surface area contributed by atoms with Crippen molar-refractivity contribution in [2.24, 2.45) is 0 Å². The molecule has 2 N–H and O–H groups in total. The van der Waals surface area contributed by atoms with Crippen molar-refractivity contribution in [2.75, 3.05) is 19.6 Å². The van der Waals surface area contributed by atoms with E-state index in [2.05, 4.69) is 29.4 Å². The van der Waals surface area contributed by atoms with Crippen LogP contribution in [0.25, 0.3) is 0 Å². The van der Waals surface area contributed by atoms with Crippen molar-refractivity contribution in [3.05, 3.63) is 70.8 Å². The van der Waals surface area contributed by atoms with Crippen LogP contribution in [0.1, 0.15) is 52.6 Å². The van der Waals surface area contributed by atoms with Gasteiger partial charge in [0.2, 0.25) is 0 Å². The molecule has 2 aromatic carbocycles. The summed E-state index contributed by atoms with van der Waals surface area (Å²) in [5, 5.41) is 5.71. The second kappa shape index (κ2) is 10.4. The van der Waals surface area contributed by atoms with E-state index in [4.69, 9.17) is 4.74 Å². The number of carbonyl (C=O) groups excluding carboxylic acids is 2. The molecule has 1 aliphatic heterocycles. The minimum atomic E-state index is -0.126. The molecule has 6 nitrogen and oxygen atoms in total. The van der Waals surface area contributed by atoms with Crippen LogP contribution in [0, 0.1) is 0 Å². The van der Waals surface area contributed by atoms with Crippen LogP contribution in [0.2, 0.25) is 0 Å². The van der Waals surface area contributed by atoms with Gasteiger partial charge in [0.15, 0.2) is 0 Å². The summed E-state index contributed by atoms with van der Waals surface area (Å²) in [4.78, 5) is 26.9. The van der Waals surface area contributed by atoms with E-state index in [9.17, 15) is 9.59 Å². The number of morpholine rings is 1. The molecule has 160 valence electrons. The molecule has 2 atom stereocenters. The third-order valence-corrected chi connectivity index (χ3v) is 5.10. The van der Waals surface area contributed by atoms with E-state index in [1.54, 1.807) is 12.1 Å². The summed E-state index contributed by atoms with van der Waals surface area (Å²) in [5.74, 6) is -0.232. The van der Waals surface area contributed by atoms with Gasteiger partial charge in [0.25, 0.3) is 11.8 Å². The predicted molar refractivity (Wildman–Crippen MR) is 117 cm³/mol. The van der Waals surface area contributed by atoms with Gasteiger partial charge in [-0.05, 0) is 56.2 Å². The van der Waals surface area contributed by atoms with Gasteiger partial charge in [0, 0.05) is 43.9 Å². The Morgan fingerprint density at radius 3 is 2.27 bits per heavy atom. The maximum atomic E-state index is 12.5. The lowest BCUT2D eigenvalue weighted by molar-refractivity contribution is -0.0704. The van der Waals surface area contributed by atoms with Gasteiger partial charge in [-0.2, -0.15) is 0 Å². The summed E-state index contributed by atoms with van der Waals surface area (Å²) in [6.07, 6.45) is 0.482. The molecule has 1 fully saturated rings. The highest BCUT2D eigenvalue weighted by Crippen LogP contribution is 2.15. The van der Waals surface area contributed by atoms with Crippen molar-refractivity contribution in [1.29, 1.82) is 0 Å². The van der Waals surface area contributed by atoms with Crippen LogP contribution in [-0.2, 0) is 17.8 Å². The molecule has 2 aromatic rings. The summed E-state index contributed by atoms with van der Waals surface area (Å²) in [5.41, 5.74) is 3.30. The second-order valence-electron chi connectivity index (χ2n) is 7.89. The fourth-order valence-electron chi connectivity index (χ4n) is 3.80. The summed E-state index contributed by atoms with van der Waals surface area (Å²) < 4.78 is 5.78. The van der Waals surface area contributed by atoms with Crippen molar-refractivity contribution >= 4 is 11.8 Å². The van der Waals surface area contributed by atoms with Crippen LogP contribution in [-0.4, -0.2) is 48.6 Å². The van der Waals surface area contributed by atoms with Crippen LogP contribution >= 0.6 is 0 Å². The smallest absolute Gasteiger partial charge is 0.251 e. The van der Waals surface area contributed by atoms with E-state index >= 15 is 0 Å². The standard InChI is InChI=1S/C24H31N3O3/c1-4-25-24(29)22-7-5-6-20(12-22)13-26-23(28)21-10-8-19(9-11-21)16-27-14-17(2)30-18(3)15-27/h5-12,17-18H,4,13-16H2,1-3H3,(H,25,29)(H,26,28). The summed E-state index contributed by atoms with van der Waals surface area (Å²) >= 11 is 0. The van der Waals surface area contributed by atoms with E-state index in [1.807, 2.05) is 43.3 Å². The van der Waals surface area contributed by atoms with Crippen LogP contribution in [0.3, 0.4) is 0 Å². The monoisotopic (exact) mass is 409 g/mol. The van der Waals surface area contributed by atoms with E-state index < -0.39 is 0 Å². The molecule has 2 unspecified atom stereocenters. The Morgan fingerprint density at radius 1 is 0.933 bits per heavy atom. The molecule has 0 aromatic heterocycles. The van der Waals surface area contributed by atoms with Gasteiger partial charge in [-0.3, -0.25) is 14.5 Å². The topological polar surface area (TPSA) is 70.7 Å². The summed E-state index contributed by atoms with van der Waals surface area (Å²) in [7, 11) is 0. The number of nitrogens with zero attached hydrogens (tertiary/aromatic N) is 1. The van der Waals surface area contributed by atoms with Crippen LogP contribution < -0.4 is 10.6 Å². The first-order chi connectivity index (χ1) is 14.4. The maximum Gasteiger partial charge on any atom is 0.251 e. The average Bonchev–Trinajstić information content (AvgIpc) is 2.72. The predicted octanol–water partition coefficient (Wildman–Crippen LogP) is 2.98. The zero-order valence-corrected chi connectivity index (χ0v) is 18.0. The Kier molecular flexibility index (Phi) is 7.60. The first-order valence-electron chi connectivity index (χ1n) is 10.6. The Balaban J connectivity index is 1.54. The lowest BCUT2D eigenvalue weighted by atomic mass is 10.1. The number of carbonyl (C=O) groups is 2. The molecular formula is C24H31N3O3. The molecule has 2 amide bonds. The van der Waals surface area contributed by atoms with Crippen LogP contribution in [0.15, 0.2) is 48.5 Å². The van der Waals surface area contributed by atoms with Gasteiger partial charge in [0.05, 0.1) is 12.2 Å². The van der Waals surface area contributed by atoms with Gasteiger partial charge in [0.1, 0.15) is 0 Å². The summed E-state index contributed by atoms with van der Waals surface area (Å²) in [6, 6.07) is 15.0. The van der Waals surface area contributed by atoms with Gasteiger partial charge < -0.3 is 15.4 Å². The minimum absolute atomic E-state index is 0.106. The molecule has 0 saturated carbocycles. The molecular weight excluding hydrogens is 378 g/mol. The van der Waals surface area contributed by atoms with Gasteiger partial charge in [-0.15, -0.1) is 0 Å². The number of hydrogen-bond acceptors (Lipinski definition) is 4. The molecule has 0 radical (unpaired) electrons. The highest BCUT2D eigenvalue weighted by atomic mass is 16.5. The molecule has 0 bridgehead atoms. The summed E-state index contributed by atoms with van der Waals surface area (Å²) in [6.45, 7) is 9.73. The van der Waals surface area contributed by atoms with Crippen molar-refractivity contribution in [3.8, 4) is 0 Å². The van der Waals surface area contributed by atoms with Crippen molar-refractivity contribution in [2.45, 2.75) is 46.1 Å². The van der Waals surface area contributed by atoms with E-state index in [1.165, 1.54) is 5.56 Å². The zero-order valence-electron chi connectivity index (χ0n) is 18.0. The highest BCUT2D eigenvalue weighted by molar-refractivity contribution is 5.95. The molecule has 1 saturated heterocycles. The molecule has 0 aliphatic carbocycles. The second-order valence-corrected chi connectivity index (χ2v) is 7.89.